The van der Waals surface area contributed by atoms with Gasteiger partial charge in [-0.15, -0.1) is 0 Å². The number of piperazine rings is 1. The van der Waals surface area contributed by atoms with E-state index in [1.54, 1.807) is 4.90 Å². The lowest BCUT2D eigenvalue weighted by atomic mass is 10.1. The monoisotopic (exact) mass is 275 g/mol. The van der Waals surface area contributed by atoms with E-state index in [2.05, 4.69) is 5.32 Å². The summed E-state index contributed by atoms with van der Waals surface area (Å²) in [5, 5.41) is 2.80. The summed E-state index contributed by atoms with van der Waals surface area (Å²) in [6.07, 6.45) is 1.75. The Morgan fingerprint density at radius 3 is 2.75 bits per heavy atom. The maximum absolute atomic E-state index is 12.3. The SMILES string of the molecule is CCC1C(=O)NCCN1C(=O)CCc1ccc(N)cc1. The third-order valence-electron chi connectivity index (χ3n) is 3.65. The molecule has 0 saturated carbocycles. The summed E-state index contributed by atoms with van der Waals surface area (Å²) in [5.74, 6) is 0.00288. The highest BCUT2D eigenvalue weighted by atomic mass is 16.2. The number of benzene rings is 1. The first-order valence-corrected chi connectivity index (χ1v) is 7.03. The van der Waals surface area contributed by atoms with Gasteiger partial charge in [0.05, 0.1) is 0 Å². The highest BCUT2D eigenvalue weighted by Gasteiger charge is 2.30. The molecule has 2 amide bonds. The smallest absolute Gasteiger partial charge is 0.242 e. The lowest BCUT2D eigenvalue weighted by Crippen LogP contribution is -2.56. The summed E-state index contributed by atoms with van der Waals surface area (Å²) >= 11 is 0. The van der Waals surface area contributed by atoms with Crippen LogP contribution in [0.4, 0.5) is 5.69 Å². The number of hydrogen-bond donors (Lipinski definition) is 2. The third kappa shape index (κ3) is 3.29. The number of amides is 2. The number of carbonyl (C=O) groups is 2. The van der Waals surface area contributed by atoms with Gasteiger partial charge in [-0.1, -0.05) is 19.1 Å². The topological polar surface area (TPSA) is 75.4 Å². The largest absolute Gasteiger partial charge is 0.399 e. The molecule has 1 saturated heterocycles. The first kappa shape index (κ1) is 14.4. The molecule has 20 heavy (non-hydrogen) atoms. The minimum absolute atomic E-state index is 0.0421. The minimum atomic E-state index is -0.317. The van der Waals surface area contributed by atoms with Gasteiger partial charge in [0.15, 0.2) is 0 Å². The van der Waals surface area contributed by atoms with Crippen molar-refractivity contribution in [3.63, 3.8) is 0 Å². The number of carbonyl (C=O) groups excluding carboxylic acids is 2. The Hall–Kier alpha value is -2.04. The molecule has 0 aromatic heterocycles. The van der Waals surface area contributed by atoms with E-state index in [4.69, 9.17) is 5.73 Å². The van der Waals surface area contributed by atoms with E-state index in [1.807, 2.05) is 31.2 Å². The number of nitrogen functional groups attached to an aromatic ring is 1. The van der Waals surface area contributed by atoms with E-state index in [1.165, 1.54) is 0 Å². The summed E-state index contributed by atoms with van der Waals surface area (Å²) in [7, 11) is 0. The van der Waals surface area contributed by atoms with Crippen molar-refractivity contribution in [1.29, 1.82) is 0 Å². The van der Waals surface area contributed by atoms with Gasteiger partial charge in [0, 0.05) is 25.2 Å². The predicted octanol–water partition coefficient (Wildman–Crippen LogP) is 0.938. The summed E-state index contributed by atoms with van der Waals surface area (Å²) in [4.78, 5) is 25.7. The van der Waals surface area contributed by atoms with Crippen molar-refractivity contribution in [3.8, 4) is 0 Å². The number of aryl methyl sites for hydroxylation is 1. The van der Waals surface area contributed by atoms with E-state index in [-0.39, 0.29) is 17.9 Å². The summed E-state index contributed by atoms with van der Waals surface area (Å²) in [6, 6.07) is 7.22. The maximum Gasteiger partial charge on any atom is 0.242 e. The zero-order chi connectivity index (χ0) is 14.5. The van der Waals surface area contributed by atoms with Gasteiger partial charge in [0.25, 0.3) is 0 Å². The van der Waals surface area contributed by atoms with Gasteiger partial charge >= 0.3 is 0 Å². The molecule has 1 fully saturated rings. The number of hydrogen-bond acceptors (Lipinski definition) is 3. The van der Waals surface area contributed by atoms with E-state index < -0.39 is 0 Å². The van der Waals surface area contributed by atoms with Crippen molar-refractivity contribution in [1.82, 2.24) is 10.2 Å². The molecule has 108 valence electrons. The van der Waals surface area contributed by atoms with Crippen molar-refractivity contribution in [2.24, 2.45) is 0 Å². The Bertz CT molecular complexity index is 484. The summed E-state index contributed by atoms with van der Waals surface area (Å²) in [5.41, 5.74) is 7.44. The number of rotatable bonds is 4. The Balaban J connectivity index is 1.93. The van der Waals surface area contributed by atoms with Crippen LogP contribution in [-0.4, -0.2) is 35.8 Å². The average Bonchev–Trinajstić information content (AvgIpc) is 2.46. The van der Waals surface area contributed by atoms with Crippen LogP contribution in [0, 0.1) is 0 Å². The van der Waals surface area contributed by atoms with Crippen LogP contribution in [0.5, 0.6) is 0 Å². The van der Waals surface area contributed by atoms with Crippen LogP contribution < -0.4 is 11.1 Å². The van der Waals surface area contributed by atoms with E-state index in [9.17, 15) is 9.59 Å². The number of nitrogens with two attached hydrogens (primary N) is 1. The van der Waals surface area contributed by atoms with Gasteiger partial charge in [-0.3, -0.25) is 9.59 Å². The van der Waals surface area contributed by atoms with Crippen LogP contribution in [0.2, 0.25) is 0 Å². The second-order valence-corrected chi connectivity index (χ2v) is 5.04. The van der Waals surface area contributed by atoms with Crippen LogP contribution in [0.25, 0.3) is 0 Å². The summed E-state index contributed by atoms with van der Waals surface area (Å²) in [6.45, 7) is 3.07. The van der Waals surface area contributed by atoms with Gasteiger partial charge in [-0.25, -0.2) is 0 Å². The minimum Gasteiger partial charge on any atom is -0.399 e. The molecule has 0 radical (unpaired) electrons. The highest BCUT2D eigenvalue weighted by Crippen LogP contribution is 2.13. The van der Waals surface area contributed by atoms with Crippen molar-refractivity contribution >= 4 is 17.5 Å². The molecule has 1 unspecified atom stereocenters. The quantitative estimate of drug-likeness (QED) is 0.803. The van der Waals surface area contributed by atoms with Crippen molar-refractivity contribution < 1.29 is 9.59 Å². The summed E-state index contributed by atoms with van der Waals surface area (Å²) < 4.78 is 0. The lowest BCUT2D eigenvalue weighted by Gasteiger charge is -2.34. The standard InChI is InChI=1S/C15H21N3O2/c1-2-13-15(20)17-9-10-18(13)14(19)8-5-11-3-6-12(16)7-4-11/h3-4,6-7,13H,2,5,8-10,16H2,1H3,(H,17,20). The number of nitrogens with zero attached hydrogens (tertiary/aromatic N) is 1. The van der Waals surface area contributed by atoms with Gasteiger partial charge < -0.3 is 16.0 Å². The molecule has 2 rings (SSSR count). The first-order chi connectivity index (χ1) is 9.61. The fraction of sp³-hybridized carbons (Fsp3) is 0.467. The fourth-order valence-electron chi connectivity index (χ4n) is 2.50. The Kier molecular flexibility index (Phi) is 4.61. The van der Waals surface area contributed by atoms with Crippen LogP contribution >= 0.6 is 0 Å². The third-order valence-corrected chi connectivity index (χ3v) is 3.65. The van der Waals surface area contributed by atoms with E-state index in [0.717, 1.165) is 11.3 Å². The number of nitrogens with one attached hydrogen (secondary N) is 1. The molecule has 1 aromatic carbocycles. The molecule has 1 atom stereocenters. The Labute approximate surface area is 119 Å². The molecule has 1 aliphatic rings. The lowest BCUT2D eigenvalue weighted by molar-refractivity contribution is -0.143. The van der Waals surface area contributed by atoms with Gasteiger partial charge in [0.1, 0.15) is 6.04 Å². The van der Waals surface area contributed by atoms with Crippen LogP contribution in [-0.2, 0) is 16.0 Å². The molecule has 3 N–H and O–H groups in total. The maximum atomic E-state index is 12.3. The highest BCUT2D eigenvalue weighted by molar-refractivity contribution is 5.88. The normalized spacial score (nSPS) is 18.8. The average molecular weight is 275 g/mol. The molecule has 5 heteroatoms. The van der Waals surface area contributed by atoms with Crippen LogP contribution in [0.15, 0.2) is 24.3 Å². The molecule has 1 heterocycles. The van der Waals surface area contributed by atoms with Gasteiger partial charge in [-0.05, 0) is 30.5 Å². The van der Waals surface area contributed by atoms with Gasteiger partial charge in [-0.2, -0.15) is 0 Å². The zero-order valence-electron chi connectivity index (χ0n) is 11.8. The molecular weight excluding hydrogens is 254 g/mol. The van der Waals surface area contributed by atoms with Crippen LogP contribution in [0.3, 0.4) is 0 Å². The molecule has 5 nitrogen and oxygen atoms in total. The Morgan fingerprint density at radius 1 is 1.40 bits per heavy atom. The molecule has 0 bridgehead atoms. The van der Waals surface area contributed by atoms with Crippen LogP contribution in [0.1, 0.15) is 25.3 Å². The fourth-order valence-corrected chi connectivity index (χ4v) is 2.50. The number of anilines is 1. The van der Waals surface area contributed by atoms with E-state index >= 15 is 0 Å². The second-order valence-electron chi connectivity index (χ2n) is 5.04. The molecule has 0 spiro atoms. The first-order valence-electron chi connectivity index (χ1n) is 7.03. The Morgan fingerprint density at radius 2 is 2.10 bits per heavy atom. The predicted molar refractivity (Wildman–Crippen MR) is 78.0 cm³/mol. The van der Waals surface area contributed by atoms with Gasteiger partial charge in [0.2, 0.25) is 11.8 Å². The van der Waals surface area contributed by atoms with Crippen molar-refractivity contribution in [2.75, 3.05) is 18.8 Å². The zero-order valence-corrected chi connectivity index (χ0v) is 11.8. The molecular formula is C15H21N3O2. The molecule has 1 aromatic rings. The van der Waals surface area contributed by atoms with Crippen molar-refractivity contribution in [3.05, 3.63) is 29.8 Å². The van der Waals surface area contributed by atoms with E-state index in [0.29, 0.717) is 32.4 Å². The molecule has 0 aliphatic carbocycles. The van der Waals surface area contributed by atoms with Crippen molar-refractivity contribution in [2.45, 2.75) is 32.2 Å². The molecule has 1 aliphatic heterocycles. The second kappa shape index (κ2) is 6.41.